The maximum atomic E-state index is 5.63. The average Bonchev–Trinajstić information content (AvgIpc) is 2.55. The summed E-state index contributed by atoms with van der Waals surface area (Å²) in [6, 6.07) is 20.3. The Labute approximate surface area is 127 Å². The molecule has 0 saturated carbocycles. The molecule has 0 N–H and O–H groups in total. The number of benzene rings is 2. The van der Waals surface area contributed by atoms with Crippen LogP contribution in [0.2, 0.25) is 0 Å². The molecule has 0 spiro atoms. The molecule has 0 aliphatic carbocycles. The van der Waals surface area contributed by atoms with E-state index in [0.29, 0.717) is 6.61 Å². The zero-order valence-electron chi connectivity index (χ0n) is 12.2. The Kier molecular flexibility index (Phi) is 6.89. The van der Waals surface area contributed by atoms with Crippen molar-refractivity contribution in [3.05, 3.63) is 83.9 Å². The van der Waals surface area contributed by atoms with Crippen LogP contribution in [0.4, 0.5) is 0 Å². The molecule has 2 rings (SSSR count). The smallest absolute Gasteiger partial charge is 0.0716 e. The normalized spacial score (nSPS) is 10.3. The van der Waals surface area contributed by atoms with Crippen molar-refractivity contribution in [1.82, 2.24) is 0 Å². The fourth-order valence-electron chi connectivity index (χ4n) is 1.86. The van der Waals surface area contributed by atoms with E-state index in [-0.39, 0.29) is 0 Å². The van der Waals surface area contributed by atoms with E-state index < -0.39 is 0 Å². The standard InChI is InChI=1S/C20H20O/c1(2-6-12-19-13-7-4-8-14-19)3-11-17-21-18-20-15-9-5-10-16-20/h1-2,4-5,7-10,13-16H,3,11,17-18H2/b2-1+. The highest BCUT2D eigenvalue weighted by molar-refractivity contribution is 5.36. The SMILES string of the molecule is C(#Cc1ccccc1)/C=C/CCCOCc1ccccc1. The third kappa shape index (κ3) is 6.61. The van der Waals surface area contributed by atoms with Gasteiger partial charge in [-0.1, -0.05) is 66.4 Å². The summed E-state index contributed by atoms with van der Waals surface area (Å²) in [5.41, 5.74) is 2.27. The lowest BCUT2D eigenvalue weighted by atomic mass is 10.2. The van der Waals surface area contributed by atoms with E-state index in [2.05, 4.69) is 30.0 Å². The second-order valence-corrected chi connectivity index (χ2v) is 4.72. The van der Waals surface area contributed by atoms with Crippen LogP contribution in [0.5, 0.6) is 0 Å². The van der Waals surface area contributed by atoms with E-state index in [0.717, 1.165) is 25.0 Å². The molecule has 0 radical (unpaired) electrons. The summed E-state index contributed by atoms with van der Waals surface area (Å²) in [4.78, 5) is 0. The molecule has 0 fully saturated rings. The van der Waals surface area contributed by atoms with Gasteiger partial charge in [0.2, 0.25) is 0 Å². The van der Waals surface area contributed by atoms with Crippen molar-refractivity contribution in [3.63, 3.8) is 0 Å². The van der Waals surface area contributed by atoms with E-state index in [1.54, 1.807) is 0 Å². The van der Waals surface area contributed by atoms with Gasteiger partial charge in [0.25, 0.3) is 0 Å². The first-order valence-electron chi connectivity index (χ1n) is 7.28. The molecule has 0 heterocycles. The monoisotopic (exact) mass is 276 g/mol. The first-order chi connectivity index (χ1) is 10.4. The lowest BCUT2D eigenvalue weighted by Crippen LogP contribution is -1.94. The molecule has 2 aromatic carbocycles. The Bertz CT molecular complexity index is 588. The second-order valence-electron chi connectivity index (χ2n) is 4.72. The summed E-state index contributed by atoms with van der Waals surface area (Å²) in [6.45, 7) is 1.48. The zero-order chi connectivity index (χ0) is 14.6. The summed E-state index contributed by atoms with van der Waals surface area (Å²) >= 11 is 0. The van der Waals surface area contributed by atoms with Crippen LogP contribution in [-0.4, -0.2) is 6.61 Å². The predicted molar refractivity (Wildman–Crippen MR) is 87.8 cm³/mol. The van der Waals surface area contributed by atoms with Crippen molar-refractivity contribution in [2.45, 2.75) is 19.4 Å². The molecule has 0 aliphatic rings. The third-order valence-electron chi connectivity index (χ3n) is 2.96. The maximum Gasteiger partial charge on any atom is 0.0716 e. The van der Waals surface area contributed by atoms with Gasteiger partial charge in [0.1, 0.15) is 0 Å². The second kappa shape index (κ2) is 9.58. The van der Waals surface area contributed by atoms with Gasteiger partial charge >= 0.3 is 0 Å². The van der Waals surface area contributed by atoms with Gasteiger partial charge in [-0.15, -0.1) is 0 Å². The molecule has 106 valence electrons. The lowest BCUT2D eigenvalue weighted by molar-refractivity contribution is 0.119. The molecule has 0 aliphatic heterocycles. The van der Waals surface area contributed by atoms with Crippen LogP contribution in [-0.2, 0) is 11.3 Å². The molecule has 0 aromatic heterocycles. The summed E-state index contributed by atoms with van der Waals surface area (Å²) in [6.07, 6.45) is 6.04. The van der Waals surface area contributed by atoms with Crippen LogP contribution in [0.25, 0.3) is 0 Å². The Morgan fingerprint density at radius 1 is 0.905 bits per heavy atom. The Morgan fingerprint density at radius 2 is 1.62 bits per heavy atom. The minimum atomic E-state index is 0.693. The molecule has 0 atom stereocenters. The largest absolute Gasteiger partial charge is 0.377 e. The van der Waals surface area contributed by atoms with Crippen molar-refractivity contribution in [2.75, 3.05) is 6.61 Å². The van der Waals surface area contributed by atoms with Gasteiger partial charge in [-0.3, -0.25) is 0 Å². The number of ether oxygens (including phenoxy) is 1. The Hall–Kier alpha value is -2.30. The van der Waals surface area contributed by atoms with E-state index in [4.69, 9.17) is 4.74 Å². The fourth-order valence-corrected chi connectivity index (χ4v) is 1.86. The quantitative estimate of drug-likeness (QED) is 0.554. The van der Waals surface area contributed by atoms with Crippen molar-refractivity contribution in [1.29, 1.82) is 0 Å². The summed E-state index contributed by atoms with van der Waals surface area (Å²) in [5.74, 6) is 6.15. The van der Waals surface area contributed by atoms with Gasteiger partial charge in [-0.05, 0) is 36.6 Å². The summed E-state index contributed by atoms with van der Waals surface area (Å²) in [5, 5.41) is 0. The molecule has 2 aromatic rings. The average molecular weight is 276 g/mol. The minimum Gasteiger partial charge on any atom is -0.377 e. The fraction of sp³-hybridized carbons (Fsp3) is 0.200. The number of rotatable bonds is 6. The lowest BCUT2D eigenvalue weighted by Gasteiger charge is -2.02. The van der Waals surface area contributed by atoms with Crippen LogP contribution in [0, 0.1) is 11.8 Å². The first kappa shape index (κ1) is 15.1. The molecule has 1 heteroatoms. The molecule has 0 unspecified atom stereocenters. The zero-order valence-corrected chi connectivity index (χ0v) is 12.2. The van der Waals surface area contributed by atoms with Crippen LogP contribution in [0.3, 0.4) is 0 Å². The minimum absolute atomic E-state index is 0.693. The number of allylic oxidation sites excluding steroid dienone is 2. The van der Waals surface area contributed by atoms with Crippen molar-refractivity contribution < 1.29 is 4.74 Å². The van der Waals surface area contributed by atoms with Gasteiger partial charge in [0.15, 0.2) is 0 Å². The highest BCUT2D eigenvalue weighted by Gasteiger charge is 1.90. The van der Waals surface area contributed by atoms with Crippen LogP contribution < -0.4 is 0 Å². The van der Waals surface area contributed by atoms with Crippen LogP contribution >= 0.6 is 0 Å². The summed E-state index contributed by atoms with van der Waals surface area (Å²) < 4.78 is 5.63. The van der Waals surface area contributed by atoms with E-state index >= 15 is 0 Å². The van der Waals surface area contributed by atoms with Gasteiger partial charge in [0.05, 0.1) is 6.61 Å². The van der Waals surface area contributed by atoms with Crippen LogP contribution in [0.1, 0.15) is 24.0 Å². The summed E-state index contributed by atoms with van der Waals surface area (Å²) in [7, 11) is 0. The van der Waals surface area contributed by atoms with Crippen molar-refractivity contribution in [2.24, 2.45) is 0 Å². The Morgan fingerprint density at radius 3 is 2.38 bits per heavy atom. The Balaban J connectivity index is 1.56. The number of unbranched alkanes of at least 4 members (excludes halogenated alkanes) is 1. The maximum absolute atomic E-state index is 5.63. The predicted octanol–water partition coefficient (Wildman–Crippen LogP) is 4.59. The molecule has 1 nitrogen and oxygen atoms in total. The van der Waals surface area contributed by atoms with E-state index in [9.17, 15) is 0 Å². The number of hydrogen-bond acceptors (Lipinski definition) is 1. The van der Waals surface area contributed by atoms with Crippen molar-refractivity contribution in [3.8, 4) is 11.8 Å². The molecular formula is C20H20O. The molecular weight excluding hydrogens is 256 g/mol. The van der Waals surface area contributed by atoms with E-state index in [1.165, 1.54) is 5.56 Å². The topological polar surface area (TPSA) is 9.23 Å². The molecule has 21 heavy (non-hydrogen) atoms. The van der Waals surface area contributed by atoms with Crippen molar-refractivity contribution >= 4 is 0 Å². The molecule has 0 amide bonds. The molecule has 0 bridgehead atoms. The molecule has 0 saturated heterocycles. The van der Waals surface area contributed by atoms with Gasteiger partial charge in [-0.25, -0.2) is 0 Å². The van der Waals surface area contributed by atoms with Crippen LogP contribution in [0.15, 0.2) is 72.8 Å². The van der Waals surface area contributed by atoms with Gasteiger partial charge in [-0.2, -0.15) is 0 Å². The first-order valence-corrected chi connectivity index (χ1v) is 7.28. The van der Waals surface area contributed by atoms with Gasteiger partial charge in [0, 0.05) is 12.2 Å². The highest BCUT2D eigenvalue weighted by Crippen LogP contribution is 2.01. The van der Waals surface area contributed by atoms with Gasteiger partial charge < -0.3 is 4.74 Å². The third-order valence-corrected chi connectivity index (χ3v) is 2.96. The van der Waals surface area contributed by atoms with E-state index in [1.807, 2.05) is 54.6 Å². The number of hydrogen-bond donors (Lipinski definition) is 0. The highest BCUT2D eigenvalue weighted by atomic mass is 16.5.